The lowest BCUT2D eigenvalue weighted by Gasteiger charge is -2.08. The molecule has 10 heavy (non-hydrogen) atoms. The van der Waals surface area contributed by atoms with Gasteiger partial charge in [0.2, 0.25) is 0 Å². The summed E-state index contributed by atoms with van der Waals surface area (Å²) in [7, 11) is 0. The van der Waals surface area contributed by atoms with Gasteiger partial charge in [0.05, 0.1) is 0 Å². The summed E-state index contributed by atoms with van der Waals surface area (Å²) in [4.78, 5) is 9.70. The normalized spacial score (nSPS) is 14.5. The second-order valence-electron chi connectivity index (χ2n) is 1.38. The maximum absolute atomic E-state index is 11.6. The first-order valence-electron chi connectivity index (χ1n) is 2.04. The van der Waals surface area contributed by atoms with Crippen LogP contribution in [0.1, 0.15) is 0 Å². The van der Waals surface area contributed by atoms with Crippen LogP contribution < -0.4 is 5.48 Å². The van der Waals surface area contributed by atoms with E-state index in [2.05, 4.69) is 0 Å². The summed E-state index contributed by atoms with van der Waals surface area (Å²) < 4.78 is 45.0. The molecule has 1 atom stereocenters. The number of hydrogen-bond donors (Lipinski definition) is 2. The second-order valence-corrected chi connectivity index (χ2v) is 1.38. The summed E-state index contributed by atoms with van der Waals surface area (Å²) in [5.41, 5.74) is 0.537. The Morgan fingerprint density at radius 3 is 2.00 bits per heavy atom. The van der Waals surface area contributed by atoms with E-state index in [1.807, 2.05) is 0 Å². The van der Waals surface area contributed by atoms with Gasteiger partial charge in [-0.05, 0) is 0 Å². The van der Waals surface area contributed by atoms with Crippen LogP contribution in [0.4, 0.5) is 17.6 Å². The zero-order chi connectivity index (χ0) is 8.36. The molecule has 60 valence electrons. The molecule has 0 saturated carbocycles. The van der Waals surface area contributed by atoms with E-state index in [0.29, 0.717) is 5.48 Å². The minimum Gasteiger partial charge on any atom is -0.289 e. The molecule has 0 saturated heterocycles. The molecular formula is C3H3F4NO2. The standard InChI is InChI=1S/C3H3F4NO2/c4-1(2(9)8-10)3(5,6)7/h1,10H,(H,8,9). The maximum Gasteiger partial charge on any atom is 0.428 e. The molecule has 2 N–H and O–H groups in total. The van der Waals surface area contributed by atoms with E-state index in [1.54, 1.807) is 0 Å². The van der Waals surface area contributed by atoms with E-state index in [4.69, 9.17) is 5.21 Å². The Hall–Kier alpha value is -0.850. The molecule has 0 bridgehead atoms. The quantitative estimate of drug-likeness (QED) is 0.332. The average molecular weight is 161 g/mol. The van der Waals surface area contributed by atoms with Gasteiger partial charge in [0.25, 0.3) is 12.1 Å². The number of hydroxylamine groups is 1. The summed E-state index contributed by atoms with van der Waals surface area (Å²) in [6, 6.07) is 0. The van der Waals surface area contributed by atoms with Gasteiger partial charge in [-0.2, -0.15) is 13.2 Å². The zero-order valence-electron chi connectivity index (χ0n) is 4.44. The molecule has 1 unspecified atom stereocenters. The zero-order valence-corrected chi connectivity index (χ0v) is 4.44. The van der Waals surface area contributed by atoms with Crippen LogP contribution >= 0.6 is 0 Å². The fourth-order valence-electron chi connectivity index (χ4n) is 0.205. The molecule has 0 aromatic heterocycles. The molecule has 7 heteroatoms. The molecule has 0 aliphatic carbocycles. The van der Waals surface area contributed by atoms with Crippen LogP contribution in [0.5, 0.6) is 0 Å². The molecule has 0 aliphatic heterocycles. The van der Waals surface area contributed by atoms with E-state index in [-0.39, 0.29) is 0 Å². The van der Waals surface area contributed by atoms with E-state index >= 15 is 0 Å². The van der Waals surface area contributed by atoms with Crippen molar-refractivity contribution in [2.45, 2.75) is 12.3 Å². The smallest absolute Gasteiger partial charge is 0.289 e. The van der Waals surface area contributed by atoms with Gasteiger partial charge in [0.15, 0.2) is 0 Å². The molecule has 1 amide bonds. The summed E-state index contributed by atoms with van der Waals surface area (Å²) in [6.07, 6.45) is -8.93. The Morgan fingerprint density at radius 1 is 1.50 bits per heavy atom. The monoisotopic (exact) mass is 161 g/mol. The van der Waals surface area contributed by atoms with Gasteiger partial charge in [-0.25, -0.2) is 9.87 Å². The van der Waals surface area contributed by atoms with Gasteiger partial charge in [-0.1, -0.05) is 0 Å². The van der Waals surface area contributed by atoms with Crippen molar-refractivity contribution in [1.29, 1.82) is 0 Å². The highest BCUT2D eigenvalue weighted by molar-refractivity contribution is 5.80. The van der Waals surface area contributed by atoms with E-state index < -0.39 is 18.3 Å². The molecule has 3 nitrogen and oxygen atoms in total. The molecule has 0 aliphatic rings. The van der Waals surface area contributed by atoms with Crippen LogP contribution in [0.3, 0.4) is 0 Å². The first-order valence-corrected chi connectivity index (χ1v) is 2.04. The highest BCUT2D eigenvalue weighted by Crippen LogP contribution is 2.22. The molecule has 0 heterocycles. The first kappa shape index (κ1) is 9.15. The number of rotatable bonds is 1. The van der Waals surface area contributed by atoms with Gasteiger partial charge in [-0.15, -0.1) is 0 Å². The Bertz CT molecular complexity index is 133. The van der Waals surface area contributed by atoms with E-state index in [1.165, 1.54) is 0 Å². The third-order valence-electron chi connectivity index (χ3n) is 0.628. The summed E-state index contributed by atoms with van der Waals surface area (Å²) in [5, 5.41) is 7.53. The van der Waals surface area contributed by atoms with Gasteiger partial charge in [-0.3, -0.25) is 10.0 Å². The number of halogens is 4. The maximum atomic E-state index is 11.6. The fraction of sp³-hybridized carbons (Fsp3) is 0.667. The van der Waals surface area contributed by atoms with Crippen molar-refractivity contribution in [2.75, 3.05) is 0 Å². The SMILES string of the molecule is O=C(NO)C(F)C(F)(F)F. The molecule has 0 spiro atoms. The molecule has 0 aromatic carbocycles. The van der Waals surface area contributed by atoms with Gasteiger partial charge < -0.3 is 0 Å². The third kappa shape index (κ3) is 2.18. The number of alkyl halides is 4. The van der Waals surface area contributed by atoms with Crippen LogP contribution in [-0.4, -0.2) is 23.5 Å². The number of hydrogen-bond acceptors (Lipinski definition) is 2. The lowest BCUT2D eigenvalue weighted by atomic mass is 10.4. The number of amides is 1. The van der Waals surface area contributed by atoms with Crippen LogP contribution in [0, 0.1) is 0 Å². The highest BCUT2D eigenvalue weighted by Gasteiger charge is 2.45. The molecular weight excluding hydrogens is 158 g/mol. The van der Waals surface area contributed by atoms with Gasteiger partial charge in [0.1, 0.15) is 0 Å². The van der Waals surface area contributed by atoms with Crippen molar-refractivity contribution in [3.8, 4) is 0 Å². The largest absolute Gasteiger partial charge is 0.428 e. The van der Waals surface area contributed by atoms with E-state index in [9.17, 15) is 22.4 Å². The van der Waals surface area contributed by atoms with Crippen LogP contribution in [0.25, 0.3) is 0 Å². The van der Waals surface area contributed by atoms with Crippen molar-refractivity contribution in [1.82, 2.24) is 5.48 Å². The second kappa shape index (κ2) is 2.82. The Kier molecular flexibility index (Phi) is 2.58. The van der Waals surface area contributed by atoms with Crippen LogP contribution in [-0.2, 0) is 4.79 Å². The van der Waals surface area contributed by atoms with Gasteiger partial charge >= 0.3 is 6.18 Å². The number of carbonyl (C=O) groups is 1. The van der Waals surface area contributed by atoms with Crippen molar-refractivity contribution in [3.63, 3.8) is 0 Å². The van der Waals surface area contributed by atoms with Crippen molar-refractivity contribution in [2.24, 2.45) is 0 Å². The molecule has 0 radical (unpaired) electrons. The van der Waals surface area contributed by atoms with Gasteiger partial charge in [0, 0.05) is 0 Å². The predicted octanol–water partition coefficient (Wildman–Crippen LogP) is 0.392. The minimum atomic E-state index is -5.26. The Morgan fingerprint density at radius 2 is 1.90 bits per heavy atom. The highest BCUT2D eigenvalue weighted by atomic mass is 19.4. The Labute approximate surface area is 52.6 Å². The topological polar surface area (TPSA) is 49.3 Å². The third-order valence-corrected chi connectivity index (χ3v) is 0.628. The fourth-order valence-corrected chi connectivity index (χ4v) is 0.205. The average Bonchev–Trinajstić information content (AvgIpc) is 1.83. The number of carbonyl (C=O) groups excluding carboxylic acids is 1. The van der Waals surface area contributed by atoms with E-state index in [0.717, 1.165) is 0 Å². The van der Waals surface area contributed by atoms with Crippen LogP contribution in [0.2, 0.25) is 0 Å². The number of nitrogens with one attached hydrogen (secondary N) is 1. The summed E-state index contributed by atoms with van der Waals surface area (Å²) >= 11 is 0. The molecule has 0 aromatic rings. The first-order chi connectivity index (χ1) is 4.39. The predicted molar refractivity (Wildman–Crippen MR) is 20.9 cm³/mol. The minimum absolute atomic E-state index is 0.537. The molecule has 0 fully saturated rings. The summed E-state index contributed by atoms with van der Waals surface area (Å²) in [6.45, 7) is 0. The van der Waals surface area contributed by atoms with Crippen molar-refractivity contribution < 1.29 is 27.6 Å². The molecule has 0 rings (SSSR count). The lowest BCUT2D eigenvalue weighted by Crippen LogP contribution is -2.39. The van der Waals surface area contributed by atoms with Crippen molar-refractivity contribution in [3.05, 3.63) is 0 Å². The summed E-state index contributed by atoms with van der Waals surface area (Å²) in [5.74, 6) is -2.12. The van der Waals surface area contributed by atoms with Crippen LogP contribution in [0.15, 0.2) is 0 Å². The lowest BCUT2D eigenvalue weighted by molar-refractivity contribution is -0.191. The Balaban J connectivity index is 4.08. The van der Waals surface area contributed by atoms with Crippen molar-refractivity contribution >= 4 is 5.91 Å².